The highest BCUT2D eigenvalue weighted by molar-refractivity contribution is 5.66. The summed E-state index contributed by atoms with van der Waals surface area (Å²) < 4.78 is 0. The van der Waals surface area contributed by atoms with E-state index in [9.17, 15) is 4.79 Å². The van der Waals surface area contributed by atoms with E-state index in [2.05, 4.69) is 22.4 Å². The Labute approximate surface area is 124 Å². The smallest absolute Gasteiger partial charge is 0.303 e. The van der Waals surface area contributed by atoms with Crippen LogP contribution in [0.15, 0.2) is 48.7 Å². The number of aryl methyl sites for hydroxylation is 1. The van der Waals surface area contributed by atoms with Gasteiger partial charge in [0.15, 0.2) is 0 Å². The minimum Gasteiger partial charge on any atom is -0.481 e. The Bertz CT molecular complexity index is 584. The van der Waals surface area contributed by atoms with Crippen LogP contribution in [0, 0.1) is 6.92 Å². The third-order valence-corrected chi connectivity index (χ3v) is 3.30. The van der Waals surface area contributed by atoms with E-state index in [4.69, 9.17) is 5.11 Å². The van der Waals surface area contributed by atoms with Crippen molar-refractivity contribution in [3.8, 4) is 0 Å². The maximum absolute atomic E-state index is 10.8. The Morgan fingerprint density at radius 1 is 1.29 bits per heavy atom. The molecular formula is C17H20N2O2. The van der Waals surface area contributed by atoms with Gasteiger partial charge in [-0.25, -0.2) is 0 Å². The minimum absolute atomic E-state index is 0.0882. The van der Waals surface area contributed by atoms with Gasteiger partial charge in [-0.2, -0.15) is 0 Å². The van der Waals surface area contributed by atoms with Gasteiger partial charge >= 0.3 is 5.97 Å². The molecule has 2 N–H and O–H groups in total. The molecule has 0 aliphatic heterocycles. The predicted octanol–water partition coefficient (Wildman–Crippen LogP) is 3.28. The van der Waals surface area contributed by atoms with Crippen molar-refractivity contribution in [1.82, 2.24) is 4.98 Å². The van der Waals surface area contributed by atoms with Crippen molar-refractivity contribution in [2.75, 3.05) is 5.32 Å². The molecule has 0 aliphatic rings. The number of carbonyl (C=O) groups is 1. The Balaban J connectivity index is 2.06. The Hall–Kier alpha value is -2.36. The van der Waals surface area contributed by atoms with Gasteiger partial charge in [-0.15, -0.1) is 0 Å². The number of rotatable bonds is 7. The molecule has 1 heterocycles. The molecule has 0 fully saturated rings. The van der Waals surface area contributed by atoms with Crippen molar-refractivity contribution >= 4 is 11.7 Å². The number of hydrogen-bond donors (Lipinski definition) is 2. The number of nitrogens with one attached hydrogen (secondary N) is 1. The minimum atomic E-state index is -0.763. The maximum atomic E-state index is 10.8. The van der Waals surface area contributed by atoms with E-state index in [1.165, 1.54) is 5.56 Å². The van der Waals surface area contributed by atoms with Crippen LogP contribution in [0.25, 0.3) is 0 Å². The fourth-order valence-corrected chi connectivity index (χ4v) is 2.29. The van der Waals surface area contributed by atoms with E-state index in [1.807, 2.05) is 37.3 Å². The molecule has 21 heavy (non-hydrogen) atoms. The number of anilines is 1. The first-order valence-electron chi connectivity index (χ1n) is 7.08. The van der Waals surface area contributed by atoms with Crippen LogP contribution < -0.4 is 5.32 Å². The zero-order valence-corrected chi connectivity index (χ0v) is 12.1. The fraction of sp³-hybridized carbons (Fsp3) is 0.294. The van der Waals surface area contributed by atoms with Gasteiger partial charge in [0.05, 0.1) is 0 Å². The van der Waals surface area contributed by atoms with Crippen molar-refractivity contribution in [3.05, 3.63) is 59.9 Å². The summed E-state index contributed by atoms with van der Waals surface area (Å²) in [4.78, 5) is 15.0. The molecule has 2 aromatic rings. The second-order valence-electron chi connectivity index (χ2n) is 5.15. The molecule has 4 heteroatoms. The fourth-order valence-electron chi connectivity index (χ4n) is 2.29. The van der Waals surface area contributed by atoms with Crippen LogP contribution in [-0.4, -0.2) is 22.1 Å². The molecule has 0 saturated carbocycles. The number of aromatic nitrogens is 1. The molecule has 110 valence electrons. The van der Waals surface area contributed by atoms with Crippen LogP contribution in [0.1, 0.15) is 24.1 Å². The van der Waals surface area contributed by atoms with Crippen LogP contribution in [-0.2, 0) is 11.2 Å². The number of carboxylic acids is 1. The summed E-state index contributed by atoms with van der Waals surface area (Å²) in [6, 6.07) is 14.1. The van der Waals surface area contributed by atoms with Gasteiger partial charge < -0.3 is 10.4 Å². The van der Waals surface area contributed by atoms with E-state index >= 15 is 0 Å². The molecule has 0 saturated heterocycles. The molecular weight excluding hydrogens is 264 g/mol. The number of hydrogen-bond acceptors (Lipinski definition) is 3. The number of nitrogens with zero attached hydrogens (tertiary/aromatic N) is 1. The Morgan fingerprint density at radius 2 is 2.05 bits per heavy atom. The molecule has 0 bridgehead atoms. The summed E-state index contributed by atoms with van der Waals surface area (Å²) in [7, 11) is 0. The highest BCUT2D eigenvalue weighted by Gasteiger charge is 2.12. The second-order valence-corrected chi connectivity index (χ2v) is 5.15. The lowest BCUT2D eigenvalue weighted by Crippen LogP contribution is -2.23. The number of pyridine rings is 1. The molecule has 0 aliphatic carbocycles. The van der Waals surface area contributed by atoms with Gasteiger partial charge in [-0.1, -0.05) is 30.3 Å². The molecule has 1 atom stereocenters. The topological polar surface area (TPSA) is 62.2 Å². The van der Waals surface area contributed by atoms with Gasteiger partial charge in [-0.05, 0) is 37.5 Å². The number of carboxylic acid groups (broad SMARTS) is 1. The lowest BCUT2D eigenvalue weighted by Gasteiger charge is -2.19. The number of aliphatic carboxylic acids is 1. The SMILES string of the molecule is Cc1cc(NC(CCC(=O)O)Cc2ccccc2)ccn1. The molecule has 1 aromatic heterocycles. The van der Waals surface area contributed by atoms with E-state index in [-0.39, 0.29) is 12.5 Å². The standard InChI is InChI=1S/C17H20N2O2/c1-13-11-16(9-10-18-13)19-15(7-8-17(20)21)12-14-5-3-2-4-6-14/h2-6,9-11,15H,7-8,12H2,1H3,(H,18,19)(H,20,21). The largest absolute Gasteiger partial charge is 0.481 e. The maximum Gasteiger partial charge on any atom is 0.303 e. The Morgan fingerprint density at radius 3 is 2.71 bits per heavy atom. The second kappa shape index (κ2) is 7.43. The van der Waals surface area contributed by atoms with Crippen molar-refractivity contribution in [3.63, 3.8) is 0 Å². The van der Waals surface area contributed by atoms with Crippen LogP contribution in [0.5, 0.6) is 0 Å². The van der Waals surface area contributed by atoms with Gasteiger partial charge in [0.25, 0.3) is 0 Å². The number of benzene rings is 1. The zero-order chi connectivity index (χ0) is 15.1. The molecule has 2 rings (SSSR count). The lowest BCUT2D eigenvalue weighted by atomic mass is 10.0. The molecule has 0 amide bonds. The van der Waals surface area contributed by atoms with E-state index in [0.717, 1.165) is 17.8 Å². The molecule has 4 nitrogen and oxygen atoms in total. The Kier molecular flexibility index (Phi) is 5.32. The highest BCUT2D eigenvalue weighted by atomic mass is 16.4. The average molecular weight is 284 g/mol. The lowest BCUT2D eigenvalue weighted by molar-refractivity contribution is -0.137. The summed E-state index contributed by atoms with van der Waals surface area (Å²) in [6.45, 7) is 1.94. The van der Waals surface area contributed by atoms with Gasteiger partial charge in [-0.3, -0.25) is 9.78 Å². The third-order valence-electron chi connectivity index (χ3n) is 3.30. The van der Waals surface area contributed by atoms with Crippen molar-refractivity contribution in [2.45, 2.75) is 32.2 Å². The van der Waals surface area contributed by atoms with E-state index in [1.54, 1.807) is 6.20 Å². The van der Waals surface area contributed by atoms with Gasteiger partial charge in [0.2, 0.25) is 0 Å². The normalized spacial score (nSPS) is 11.9. The summed E-state index contributed by atoms with van der Waals surface area (Å²) in [5.41, 5.74) is 3.12. The van der Waals surface area contributed by atoms with Crippen LogP contribution in [0.3, 0.4) is 0 Å². The highest BCUT2D eigenvalue weighted by Crippen LogP contribution is 2.15. The van der Waals surface area contributed by atoms with Crippen molar-refractivity contribution in [1.29, 1.82) is 0 Å². The average Bonchev–Trinajstić information content (AvgIpc) is 2.46. The quantitative estimate of drug-likeness (QED) is 0.819. The third kappa shape index (κ3) is 5.26. The summed E-state index contributed by atoms with van der Waals surface area (Å²) in [6.07, 6.45) is 3.31. The van der Waals surface area contributed by atoms with Crippen LogP contribution >= 0.6 is 0 Å². The summed E-state index contributed by atoms with van der Waals surface area (Å²) >= 11 is 0. The van der Waals surface area contributed by atoms with E-state index in [0.29, 0.717) is 6.42 Å². The molecule has 1 unspecified atom stereocenters. The summed E-state index contributed by atoms with van der Waals surface area (Å²) in [5.74, 6) is -0.763. The first kappa shape index (κ1) is 15.0. The van der Waals surface area contributed by atoms with Crippen molar-refractivity contribution in [2.24, 2.45) is 0 Å². The van der Waals surface area contributed by atoms with Crippen molar-refractivity contribution < 1.29 is 9.90 Å². The van der Waals surface area contributed by atoms with Crippen LogP contribution in [0.4, 0.5) is 5.69 Å². The zero-order valence-electron chi connectivity index (χ0n) is 12.1. The van der Waals surface area contributed by atoms with Gasteiger partial charge in [0, 0.05) is 30.0 Å². The molecule has 1 aromatic carbocycles. The van der Waals surface area contributed by atoms with Gasteiger partial charge in [0.1, 0.15) is 0 Å². The molecule has 0 spiro atoms. The van der Waals surface area contributed by atoms with Crippen LogP contribution in [0.2, 0.25) is 0 Å². The first-order valence-corrected chi connectivity index (χ1v) is 7.08. The first-order chi connectivity index (χ1) is 10.1. The molecule has 0 radical (unpaired) electrons. The van der Waals surface area contributed by atoms with E-state index < -0.39 is 5.97 Å². The predicted molar refractivity (Wildman–Crippen MR) is 83.4 cm³/mol. The monoisotopic (exact) mass is 284 g/mol. The summed E-state index contributed by atoms with van der Waals surface area (Å²) in [5, 5.41) is 12.3.